The molecule has 2 rings (SSSR count). The summed E-state index contributed by atoms with van der Waals surface area (Å²) in [5.74, 6) is 0.543. The van der Waals surface area contributed by atoms with Crippen LogP contribution in [0.25, 0.3) is 5.69 Å². The first-order chi connectivity index (χ1) is 9.61. The number of tetrazole rings is 1. The molecule has 7 heteroatoms. The molecular weight excluding hydrogens is 258 g/mol. The van der Waals surface area contributed by atoms with E-state index in [0.717, 1.165) is 11.3 Å². The molecular formula is C13H17N5O2. The van der Waals surface area contributed by atoms with Gasteiger partial charge in [0.1, 0.15) is 0 Å². The van der Waals surface area contributed by atoms with Gasteiger partial charge in [-0.25, -0.2) is 4.79 Å². The van der Waals surface area contributed by atoms with Gasteiger partial charge in [0.15, 0.2) is 5.82 Å². The van der Waals surface area contributed by atoms with Crippen molar-refractivity contribution >= 4 is 6.09 Å². The maximum Gasteiger partial charge on any atom is 0.407 e. The second-order valence-electron chi connectivity index (χ2n) is 4.35. The van der Waals surface area contributed by atoms with Gasteiger partial charge in [0, 0.05) is 0 Å². The molecule has 106 valence electrons. The first kappa shape index (κ1) is 14.0. The monoisotopic (exact) mass is 275 g/mol. The van der Waals surface area contributed by atoms with Crippen molar-refractivity contribution in [2.45, 2.75) is 27.3 Å². The maximum atomic E-state index is 11.3. The Hall–Kier alpha value is -2.44. The van der Waals surface area contributed by atoms with Gasteiger partial charge in [0.05, 0.1) is 18.8 Å². The Kier molecular flexibility index (Phi) is 4.29. The van der Waals surface area contributed by atoms with Crippen LogP contribution in [-0.2, 0) is 11.3 Å². The zero-order valence-corrected chi connectivity index (χ0v) is 11.8. The molecule has 0 radical (unpaired) electrons. The Morgan fingerprint density at radius 1 is 1.35 bits per heavy atom. The number of ether oxygens (including phenoxy) is 1. The third-order valence-corrected chi connectivity index (χ3v) is 2.94. The van der Waals surface area contributed by atoms with Gasteiger partial charge in [-0.05, 0) is 54.5 Å². The van der Waals surface area contributed by atoms with Gasteiger partial charge in [-0.1, -0.05) is 6.07 Å². The smallest absolute Gasteiger partial charge is 0.407 e. The average Bonchev–Trinajstić information content (AvgIpc) is 2.88. The van der Waals surface area contributed by atoms with Crippen LogP contribution in [0.5, 0.6) is 0 Å². The summed E-state index contributed by atoms with van der Waals surface area (Å²) in [7, 11) is 0. The molecule has 1 aromatic heterocycles. The highest BCUT2D eigenvalue weighted by Crippen LogP contribution is 2.13. The van der Waals surface area contributed by atoms with Crippen LogP contribution < -0.4 is 5.32 Å². The van der Waals surface area contributed by atoms with Crippen molar-refractivity contribution < 1.29 is 9.53 Å². The van der Waals surface area contributed by atoms with Crippen molar-refractivity contribution in [1.29, 1.82) is 0 Å². The lowest BCUT2D eigenvalue weighted by Crippen LogP contribution is -2.25. The second-order valence-corrected chi connectivity index (χ2v) is 4.35. The molecule has 2 aromatic rings. The van der Waals surface area contributed by atoms with Gasteiger partial charge in [0.25, 0.3) is 0 Å². The van der Waals surface area contributed by atoms with Crippen molar-refractivity contribution in [2.75, 3.05) is 6.61 Å². The van der Waals surface area contributed by atoms with E-state index in [1.54, 1.807) is 11.6 Å². The van der Waals surface area contributed by atoms with E-state index in [4.69, 9.17) is 4.74 Å². The van der Waals surface area contributed by atoms with Crippen LogP contribution in [0.1, 0.15) is 23.9 Å². The minimum Gasteiger partial charge on any atom is -0.450 e. The van der Waals surface area contributed by atoms with E-state index in [0.29, 0.717) is 12.4 Å². The van der Waals surface area contributed by atoms with Crippen molar-refractivity contribution in [3.05, 3.63) is 35.2 Å². The normalized spacial score (nSPS) is 10.3. The van der Waals surface area contributed by atoms with Gasteiger partial charge >= 0.3 is 6.09 Å². The molecule has 1 aromatic carbocycles. The molecule has 7 nitrogen and oxygen atoms in total. The number of aryl methyl sites for hydroxylation is 2. The summed E-state index contributed by atoms with van der Waals surface area (Å²) in [6.45, 7) is 6.35. The molecule has 1 amide bonds. The highest BCUT2D eigenvalue weighted by molar-refractivity contribution is 5.66. The van der Waals surface area contributed by atoms with Crippen molar-refractivity contribution in [1.82, 2.24) is 25.5 Å². The molecule has 0 aliphatic carbocycles. The molecule has 0 bridgehead atoms. The molecule has 0 saturated carbocycles. The van der Waals surface area contributed by atoms with Crippen LogP contribution in [-0.4, -0.2) is 32.9 Å². The lowest BCUT2D eigenvalue weighted by molar-refractivity contribution is 0.151. The number of nitrogens with zero attached hydrogens (tertiary/aromatic N) is 4. The number of carbonyl (C=O) groups excluding carboxylic acids is 1. The van der Waals surface area contributed by atoms with E-state index in [2.05, 4.69) is 20.8 Å². The molecule has 1 N–H and O–H groups in total. The van der Waals surface area contributed by atoms with E-state index >= 15 is 0 Å². The largest absolute Gasteiger partial charge is 0.450 e. The van der Waals surface area contributed by atoms with Crippen molar-refractivity contribution in [3.63, 3.8) is 0 Å². The summed E-state index contributed by atoms with van der Waals surface area (Å²) in [5, 5.41) is 14.1. The summed E-state index contributed by atoms with van der Waals surface area (Å²) in [5.41, 5.74) is 3.22. The fraction of sp³-hybridized carbons (Fsp3) is 0.385. The third-order valence-electron chi connectivity index (χ3n) is 2.94. The number of hydrogen-bond acceptors (Lipinski definition) is 5. The summed E-state index contributed by atoms with van der Waals surface area (Å²) < 4.78 is 6.39. The van der Waals surface area contributed by atoms with Gasteiger partial charge in [0.2, 0.25) is 0 Å². The summed E-state index contributed by atoms with van der Waals surface area (Å²) in [4.78, 5) is 11.3. The lowest BCUT2D eigenvalue weighted by atomic mass is 10.1. The molecule has 0 aliphatic heterocycles. The highest BCUT2D eigenvalue weighted by atomic mass is 16.5. The van der Waals surface area contributed by atoms with Crippen LogP contribution in [0.4, 0.5) is 4.79 Å². The average molecular weight is 275 g/mol. The molecule has 0 fully saturated rings. The Labute approximate surface area is 116 Å². The topological polar surface area (TPSA) is 81.9 Å². The fourth-order valence-corrected chi connectivity index (χ4v) is 1.71. The molecule has 20 heavy (non-hydrogen) atoms. The highest BCUT2D eigenvalue weighted by Gasteiger charge is 2.10. The number of amides is 1. The van der Waals surface area contributed by atoms with Crippen LogP contribution in [0.3, 0.4) is 0 Å². The summed E-state index contributed by atoms with van der Waals surface area (Å²) >= 11 is 0. The number of hydrogen-bond donors (Lipinski definition) is 1. The number of benzene rings is 1. The Bertz CT molecular complexity index is 609. The van der Waals surface area contributed by atoms with Crippen LogP contribution in [0.15, 0.2) is 18.2 Å². The molecule has 0 spiro atoms. The quantitative estimate of drug-likeness (QED) is 0.915. The van der Waals surface area contributed by atoms with Crippen LogP contribution >= 0.6 is 0 Å². The molecule has 0 atom stereocenters. The molecule has 1 heterocycles. The fourth-order valence-electron chi connectivity index (χ4n) is 1.71. The van der Waals surface area contributed by atoms with Gasteiger partial charge in [-0.15, -0.1) is 5.10 Å². The van der Waals surface area contributed by atoms with Crippen molar-refractivity contribution in [3.8, 4) is 5.69 Å². The third kappa shape index (κ3) is 3.11. The van der Waals surface area contributed by atoms with E-state index in [1.807, 2.05) is 32.0 Å². The van der Waals surface area contributed by atoms with Crippen molar-refractivity contribution in [2.24, 2.45) is 0 Å². The van der Waals surface area contributed by atoms with Gasteiger partial charge in [-0.3, -0.25) is 0 Å². The number of rotatable bonds is 4. The Morgan fingerprint density at radius 2 is 2.15 bits per heavy atom. The second kappa shape index (κ2) is 6.14. The summed E-state index contributed by atoms with van der Waals surface area (Å²) in [6, 6.07) is 5.95. The first-order valence-electron chi connectivity index (χ1n) is 6.37. The number of aromatic nitrogens is 4. The predicted octanol–water partition coefficient (Wildman–Crippen LogP) is 1.53. The number of nitrogens with one attached hydrogen (secondary N) is 1. The molecule has 0 aliphatic rings. The standard InChI is InChI=1S/C13H17N5O2/c1-4-20-13(19)14-8-12-15-16-17-18(12)11-6-5-9(2)10(3)7-11/h5-7H,4,8H2,1-3H3,(H,14,19). The Morgan fingerprint density at radius 3 is 2.85 bits per heavy atom. The van der Waals surface area contributed by atoms with Gasteiger partial charge < -0.3 is 10.1 Å². The summed E-state index contributed by atoms with van der Waals surface area (Å²) in [6.07, 6.45) is -0.484. The minimum absolute atomic E-state index is 0.207. The molecule has 0 unspecified atom stereocenters. The minimum atomic E-state index is -0.484. The number of carbonyl (C=O) groups is 1. The zero-order chi connectivity index (χ0) is 14.5. The first-order valence-corrected chi connectivity index (χ1v) is 6.37. The Balaban J connectivity index is 2.15. The van der Waals surface area contributed by atoms with Crippen LogP contribution in [0.2, 0.25) is 0 Å². The predicted molar refractivity (Wildman–Crippen MR) is 72.5 cm³/mol. The molecule has 0 saturated heterocycles. The lowest BCUT2D eigenvalue weighted by Gasteiger charge is -2.08. The number of alkyl carbamates (subject to hydrolysis) is 1. The van der Waals surface area contributed by atoms with E-state index < -0.39 is 6.09 Å². The zero-order valence-electron chi connectivity index (χ0n) is 11.8. The SMILES string of the molecule is CCOC(=O)NCc1nnnn1-c1ccc(C)c(C)c1. The maximum absolute atomic E-state index is 11.3. The van der Waals surface area contributed by atoms with E-state index in [9.17, 15) is 4.79 Å². The van der Waals surface area contributed by atoms with E-state index in [-0.39, 0.29) is 6.54 Å². The van der Waals surface area contributed by atoms with E-state index in [1.165, 1.54) is 5.56 Å². The van der Waals surface area contributed by atoms with Crippen LogP contribution in [0, 0.1) is 13.8 Å². The van der Waals surface area contributed by atoms with Gasteiger partial charge in [-0.2, -0.15) is 4.68 Å².